The molecular weight excluding hydrogens is 426 g/mol. The second-order valence-corrected chi connectivity index (χ2v) is 8.20. The Hall–Kier alpha value is -2.91. The van der Waals surface area contributed by atoms with Crippen molar-refractivity contribution in [3.05, 3.63) is 53.1 Å². The maximum Gasteiger partial charge on any atom is 0.263 e. The molecule has 3 amide bonds. The predicted molar refractivity (Wildman–Crippen MR) is 115 cm³/mol. The van der Waals surface area contributed by atoms with E-state index in [1.54, 1.807) is 36.0 Å². The van der Waals surface area contributed by atoms with Gasteiger partial charge in [-0.15, -0.1) is 11.8 Å². The summed E-state index contributed by atoms with van der Waals surface area (Å²) >= 11 is 7.71. The highest BCUT2D eigenvalue weighted by molar-refractivity contribution is 7.98. The number of halogens is 1. The molecule has 1 fully saturated rings. The Morgan fingerprint density at radius 3 is 2.73 bits per heavy atom. The first-order valence-electron chi connectivity index (χ1n) is 9.14. The molecule has 2 aromatic rings. The lowest BCUT2D eigenvalue weighted by molar-refractivity contribution is -0.123. The maximum absolute atomic E-state index is 13.0. The first-order chi connectivity index (χ1) is 14.4. The third-order valence-corrected chi connectivity index (χ3v) is 6.06. The average Bonchev–Trinajstić information content (AvgIpc) is 3.24. The molecule has 1 saturated heterocycles. The summed E-state index contributed by atoms with van der Waals surface area (Å²) < 4.78 is 0. The van der Waals surface area contributed by atoms with Gasteiger partial charge in [-0.05, 0) is 49.1 Å². The van der Waals surface area contributed by atoms with Gasteiger partial charge < -0.3 is 5.32 Å². The Morgan fingerprint density at radius 2 is 2.00 bits per heavy atom. The molecule has 154 valence electrons. The third-order valence-electron chi connectivity index (χ3n) is 4.93. The smallest absolute Gasteiger partial charge is 0.263 e. The zero-order valence-electron chi connectivity index (χ0n) is 16.2. The molecule has 0 spiro atoms. The highest BCUT2D eigenvalue weighted by Gasteiger charge is 2.55. The molecule has 0 unspecified atom stereocenters. The number of thioether (sulfide) groups is 1. The van der Waals surface area contributed by atoms with Crippen LogP contribution in [0.5, 0.6) is 0 Å². The minimum Gasteiger partial charge on any atom is -0.324 e. The number of amides is 3. The van der Waals surface area contributed by atoms with Crippen LogP contribution < -0.4 is 10.2 Å². The van der Waals surface area contributed by atoms with Crippen LogP contribution in [0.4, 0.5) is 11.4 Å². The van der Waals surface area contributed by atoms with Gasteiger partial charge in [0.2, 0.25) is 5.91 Å². The van der Waals surface area contributed by atoms with Gasteiger partial charge in [-0.25, -0.2) is 4.90 Å². The number of rotatable bonds is 5. The molecule has 4 rings (SSSR count). The number of hydrogen-bond donors (Lipinski definition) is 1. The summed E-state index contributed by atoms with van der Waals surface area (Å²) in [6.07, 6.45) is 1.95. The molecule has 2 aromatic carbocycles. The zero-order valence-corrected chi connectivity index (χ0v) is 17.8. The second kappa shape index (κ2) is 8.08. The molecule has 2 atom stereocenters. The highest BCUT2D eigenvalue weighted by Crippen LogP contribution is 2.33. The number of fused-ring (bicyclic) bond motifs is 1. The van der Waals surface area contributed by atoms with Crippen LogP contribution in [0.2, 0.25) is 5.02 Å². The molecule has 2 aliphatic heterocycles. The summed E-state index contributed by atoms with van der Waals surface area (Å²) in [4.78, 5) is 40.3. The van der Waals surface area contributed by atoms with Crippen molar-refractivity contribution < 1.29 is 14.4 Å². The van der Waals surface area contributed by atoms with Crippen molar-refractivity contribution in [2.45, 2.75) is 23.9 Å². The number of aryl methyl sites for hydroxylation is 1. The number of anilines is 2. The molecule has 0 radical (unpaired) electrons. The van der Waals surface area contributed by atoms with Gasteiger partial charge in [0.05, 0.1) is 5.69 Å². The number of nitrogens with one attached hydrogen (secondary N) is 1. The van der Waals surface area contributed by atoms with Crippen molar-refractivity contribution in [3.63, 3.8) is 0 Å². The van der Waals surface area contributed by atoms with Crippen LogP contribution >= 0.6 is 23.4 Å². The molecule has 2 heterocycles. The average molecular weight is 444 g/mol. The topological polar surface area (TPSA) is 94.4 Å². The first-order valence-corrected chi connectivity index (χ1v) is 10.7. The summed E-state index contributed by atoms with van der Waals surface area (Å²) in [6, 6.07) is 10.5. The van der Waals surface area contributed by atoms with E-state index in [1.807, 2.05) is 31.4 Å². The number of hydrogen-bond acceptors (Lipinski definition) is 7. The van der Waals surface area contributed by atoms with E-state index in [0.717, 1.165) is 15.4 Å². The Morgan fingerprint density at radius 1 is 1.20 bits per heavy atom. The van der Waals surface area contributed by atoms with Crippen molar-refractivity contribution in [3.8, 4) is 0 Å². The fourth-order valence-electron chi connectivity index (χ4n) is 3.38. The standard InChI is InChI=1S/C20H18ClN5O3S/c1-11-6-7-13(9-15(11)21)26-19(28)17-18(20(26)29)25(24-23-17)10-16(27)22-12-4-3-5-14(8-12)30-2/h3-9,17-18H,10H2,1-2H3,(H,22,27)/t17-,18+/m1/s1. The van der Waals surface area contributed by atoms with Crippen LogP contribution in [0.25, 0.3) is 0 Å². The second-order valence-electron chi connectivity index (χ2n) is 6.92. The highest BCUT2D eigenvalue weighted by atomic mass is 35.5. The predicted octanol–water partition coefficient (Wildman–Crippen LogP) is 3.30. The van der Waals surface area contributed by atoms with E-state index in [4.69, 9.17) is 11.6 Å². The van der Waals surface area contributed by atoms with Crippen LogP contribution in [0.3, 0.4) is 0 Å². The molecule has 0 saturated carbocycles. The largest absolute Gasteiger partial charge is 0.324 e. The van der Waals surface area contributed by atoms with Gasteiger partial charge in [0, 0.05) is 15.6 Å². The van der Waals surface area contributed by atoms with Crippen molar-refractivity contribution >= 4 is 52.5 Å². The van der Waals surface area contributed by atoms with Gasteiger partial charge in [0.25, 0.3) is 11.8 Å². The van der Waals surface area contributed by atoms with Crippen LogP contribution in [-0.4, -0.2) is 47.6 Å². The van der Waals surface area contributed by atoms with Crippen LogP contribution in [0.15, 0.2) is 57.7 Å². The van der Waals surface area contributed by atoms with Gasteiger partial charge in [-0.3, -0.25) is 19.4 Å². The van der Waals surface area contributed by atoms with E-state index in [-0.39, 0.29) is 12.5 Å². The number of imide groups is 1. The lowest BCUT2D eigenvalue weighted by Crippen LogP contribution is -2.43. The minimum absolute atomic E-state index is 0.199. The Labute approximate surface area is 182 Å². The Bertz CT molecular complexity index is 1080. The quantitative estimate of drug-likeness (QED) is 0.565. The van der Waals surface area contributed by atoms with E-state index >= 15 is 0 Å². The molecular formula is C20H18ClN5O3S. The number of nitrogens with zero attached hydrogens (tertiary/aromatic N) is 4. The summed E-state index contributed by atoms with van der Waals surface area (Å²) in [7, 11) is 0. The minimum atomic E-state index is -0.967. The molecule has 0 aromatic heterocycles. The van der Waals surface area contributed by atoms with E-state index < -0.39 is 23.9 Å². The Balaban J connectivity index is 1.49. The van der Waals surface area contributed by atoms with Crippen molar-refractivity contribution in [1.82, 2.24) is 5.01 Å². The third kappa shape index (κ3) is 3.66. The number of carbonyl (C=O) groups excluding carboxylic acids is 3. The normalized spacial score (nSPS) is 20.1. The summed E-state index contributed by atoms with van der Waals surface area (Å²) in [6.45, 7) is 1.63. The fourth-order valence-corrected chi connectivity index (χ4v) is 4.01. The van der Waals surface area contributed by atoms with Gasteiger partial charge in [0.1, 0.15) is 6.54 Å². The lowest BCUT2D eigenvalue weighted by atomic mass is 10.1. The van der Waals surface area contributed by atoms with Crippen molar-refractivity contribution in [2.24, 2.45) is 10.3 Å². The molecule has 8 nitrogen and oxygen atoms in total. The first kappa shape index (κ1) is 20.4. The van der Waals surface area contributed by atoms with Gasteiger partial charge in [-0.2, -0.15) is 5.11 Å². The van der Waals surface area contributed by atoms with Crippen molar-refractivity contribution in [1.29, 1.82) is 0 Å². The molecule has 30 heavy (non-hydrogen) atoms. The molecule has 0 aliphatic carbocycles. The van der Waals surface area contributed by atoms with Crippen LogP contribution in [0, 0.1) is 6.92 Å². The van der Waals surface area contributed by atoms with Gasteiger partial charge >= 0.3 is 0 Å². The SMILES string of the molecule is CSc1cccc(NC(=O)CN2N=N[C@H]3C(=O)N(c4ccc(C)c(Cl)c4)C(=O)[C@H]32)c1. The maximum atomic E-state index is 13.0. The monoisotopic (exact) mass is 443 g/mol. The van der Waals surface area contributed by atoms with Crippen LogP contribution in [-0.2, 0) is 14.4 Å². The van der Waals surface area contributed by atoms with Gasteiger partial charge in [-0.1, -0.05) is 29.0 Å². The molecule has 1 N–H and O–H groups in total. The fraction of sp³-hybridized carbons (Fsp3) is 0.250. The van der Waals surface area contributed by atoms with E-state index in [1.165, 1.54) is 5.01 Å². The summed E-state index contributed by atoms with van der Waals surface area (Å²) in [5, 5.41) is 12.3. The molecule has 0 bridgehead atoms. The zero-order chi connectivity index (χ0) is 21.4. The van der Waals surface area contributed by atoms with Gasteiger partial charge in [0.15, 0.2) is 12.1 Å². The van der Waals surface area contributed by atoms with Crippen molar-refractivity contribution in [2.75, 3.05) is 23.0 Å². The summed E-state index contributed by atoms with van der Waals surface area (Å²) in [5.41, 5.74) is 1.86. The summed E-state index contributed by atoms with van der Waals surface area (Å²) in [5.74, 6) is -1.32. The number of benzene rings is 2. The van der Waals surface area contributed by atoms with E-state index in [0.29, 0.717) is 16.4 Å². The molecule has 10 heteroatoms. The van der Waals surface area contributed by atoms with E-state index in [9.17, 15) is 14.4 Å². The lowest BCUT2D eigenvalue weighted by Gasteiger charge is -2.20. The number of carbonyl (C=O) groups is 3. The molecule has 2 aliphatic rings. The Kier molecular flexibility index (Phi) is 5.48. The van der Waals surface area contributed by atoms with E-state index in [2.05, 4.69) is 15.7 Å². The van der Waals surface area contributed by atoms with Crippen LogP contribution in [0.1, 0.15) is 5.56 Å².